The van der Waals surface area contributed by atoms with Gasteiger partial charge in [-0.25, -0.2) is 12.8 Å². The normalized spacial score (nSPS) is 14.6. The summed E-state index contributed by atoms with van der Waals surface area (Å²) in [4.78, 5) is 11.1. The Hall–Kier alpha value is -2.67. The van der Waals surface area contributed by atoms with Gasteiger partial charge >= 0.3 is 0 Å². The first-order valence-electron chi connectivity index (χ1n) is 7.68. The van der Waals surface area contributed by atoms with Crippen molar-refractivity contribution in [2.45, 2.75) is 23.8 Å². The van der Waals surface area contributed by atoms with Crippen LogP contribution in [-0.4, -0.2) is 30.2 Å². The second kappa shape index (κ2) is 6.68. The lowest BCUT2D eigenvalue weighted by molar-refractivity contribution is 0.112. The standard InChI is InChI=1S/C18H16FNO4S/c19-17-11-13(10-14(12-21)18(17)22)8-9-20(15-6-7-15)25(23,24)16-4-2-1-3-5-16/h1-5,8-12,15,22H,6-7H2/b9-8+. The number of hydrogen-bond donors (Lipinski definition) is 1. The molecule has 5 nitrogen and oxygen atoms in total. The van der Waals surface area contributed by atoms with Crippen molar-refractivity contribution in [1.29, 1.82) is 0 Å². The zero-order chi connectivity index (χ0) is 18.0. The van der Waals surface area contributed by atoms with Gasteiger partial charge in [-0.2, -0.15) is 0 Å². The smallest absolute Gasteiger partial charge is 0.264 e. The van der Waals surface area contributed by atoms with Gasteiger partial charge in [-0.1, -0.05) is 18.2 Å². The van der Waals surface area contributed by atoms with Crippen molar-refractivity contribution in [2.24, 2.45) is 0 Å². The Morgan fingerprint density at radius 3 is 2.44 bits per heavy atom. The van der Waals surface area contributed by atoms with E-state index in [0.717, 1.165) is 18.9 Å². The van der Waals surface area contributed by atoms with E-state index >= 15 is 0 Å². The summed E-state index contributed by atoms with van der Waals surface area (Å²) >= 11 is 0. The predicted molar refractivity (Wildman–Crippen MR) is 91.0 cm³/mol. The number of sulfonamides is 1. The third-order valence-electron chi connectivity index (χ3n) is 3.88. The summed E-state index contributed by atoms with van der Waals surface area (Å²) in [6.45, 7) is 0. The summed E-state index contributed by atoms with van der Waals surface area (Å²) in [6, 6.07) is 10.3. The molecule has 0 saturated heterocycles. The number of carbonyl (C=O) groups is 1. The molecule has 0 spiro atoms. The number of aromatic hydroxyl groups is 1. The summed E-state index contributed by atoms with van der Waals surface area (Å²) in [5.41, 5.74) is 0.0925. The molecule has 2 aromatic rings. The maximum atomic E-state index is 13.6. The van der Waals surface area contributed by atoms with Crippen LogP contribution >= 0.6 is 0 Å². The molecule has 7 heteroatoms. The van der Waals surface area contributed by atoms with E-state index in [9.17, 15) is 22.7 Å². The summed E-state index contributed by atoms with van der Waals surface area (Å²) in [5, 5.41) is 9.44. The summed E-state index contributed by atoms with van der Waals surface area (Å²) in [6.07, 6.45) is 4.63. The number of phenols is 1. The Kier molecular flexibility index (Phi) is 4.59. The molecule has 0 amide bonds. The Balaban J connectivity index is 1.95. The predicted octanol–water partition coefficient (Wildman–Crippen LogP) is 3.17. The van der Waals surface area contributed by atoms with Gasteiger partial charge in [0.05, 0.1) is 10.5 Å². The molecular formula is C18H16FNO4S. The third-order valence-corrected chi connectivity index (χ3v) is 5.72. The lowest BCUT2D eigenvalue weighted by atomic mass is 10.1. The molecule has 1 aliphatic rings. The van der Waals surface area contributed by atoms with Crippen molar-refractivity contribution in [3.63, 3.8) is 0 Å². The van der Waals surface area contributed by atoms with Crippen molar-refractivity contribution < 1.29 is 22.7 Å². The molecular weight excluding hydrogens is 345 g/mol. The average Bonchev–Trinajstić information content (AvgIpc) is 3.43. The minimum atomic E-state index is -3.71. The highest BCUT2D eigenvalue weighted by atomic mass is 32.2. The lowest BCUT2D eigenvalue weighted by Crippen LogP contribution is -2.28. The van der Waals surface area contributed by atoms with E-state index in [2.05, 4.69) is 0 Å². The van der Waals surface area contributed by atoms with Crippen LogP contribution in [0, 0.1) is 5.82 Å². The minimum absolute atomic E-state index is 0.131. The van der Waals surface area contributed by atoms with Crippen LogP contribution < -0.4 is 0 Å². The molecule has 0 heterocycles. The van der Waals surface area contributed by atoms with E-state index in [4.69, 9.17) is 0 Å². The van der Waals surface area contributed by atoms with Gasteiger partial charge in [-0.05, 0) is 48.7 Å². The van der Waals surface area contributed by atoms with Crippen LogP contribution in [0.25, 0.3) is 6.08 Å². The second-order valence-corrected chi connectivity index (χ2v) is 7.60. The van der Waals surface area contributed by atoms with E-state index in [0.29, 0.717) is 6.29 Å². The summed E-state index contributed by atoms with van der Waals surface area (Å²) in [7, 11) is -3.71. The zero-order valence-corrected chi connectivity index (χ0v) is 14.0. The van der Waals surface area contributed by atoms with Gasteiger partial charge in [0.15, 0.2) is 17.9 Å². The topological polar surface area (TPSA) is 74.7 Å². The number of carbonyl (C=O) groups excluding carboxylic acids is 1. The number of halogens is 1. The Bertz CT molecular complexity index is 922. The maximum Gasteiger partial charge on any atom is 0.264 e. The fraction of sp³-hybridized carbons (Fsp3) is 0.167. The van der Waals surface area contributed by atoms with Gasteiger partial charge in [-0.15, -0.1) is 0 Å². The van der Waals surface area contributed by atoms with Crippen molar-refractivity contribution >= 4 is 22.4 Å². The minimum Gasteiger partial charge on any atom is -0.504 e. The monoisotopic (exact) mass is 361 g/mol. The molecule has 1 fully saturated rings. The van der Waals surface area contributed by atoms with Crippen LogP contribution in [0.5, 0.6) is 5.75 Å². The molecule has 0 unspecified atom stereocenters. The maximum absolute atomic E-state index is 13.6. The van der Waals surface area contributed by atoms with Crippen LogP contribution in [-0.2, 0) is 10.0 Å². The number of hydrogen-bond acceptors (Lipinski definition) is 4. The average molecular weight is 361 g/mol. The molecule has 0 radical (unpaired) electrons. The summed E-state index contributed by atoms with van der Waals surface area (Å²) < 4.78 is 40.5. The van der Waals surface area contributed by atoms with Crippen LogP contribution in [0.2, 0.25) is 0 Å². The first-order valence-corrected chi connectivity index (χ1v) is 9.12. The van der Waals surface area contributed by atoms with E-state index in [1.54, 1.807) is 18.2 Å². The molecule has 0 atom stereocenters. The van der Waals surface area contributed by atoms with Crippen molar-refractivity contribution in [1.82, 2.24) is 4.31 Å². The Labute approximate surface area is 145 Å². The largest absolute Gasteiger partial charge is 0.504 e. The van der Waals surface area contributed by atoms with E-state index in [-0.39, 0.29) is 22.1 Å². The Morgan fingerprint density at radius 2 is 1.84 bits per heavy atom. The molecule has 0 bridgehead atoms. The van der Waals surface area contributed by atoms with Crippen molar-refractivity contribution in [3.8, 4) is 5.75 Å². The third kappa shape index (κ3) is 3.56. The number of aldehydes is 1. The number of nitrogens with zero attached hydrogens (tertiary/aromatic N) is 1. The van der Waals surface area contributed by atoms with Crippen LogP contribution in [0.4, 0.5) is 4.39 Å². The van der Waals surface area contributed by atoms with Crippen molar-refractivity contribution in [3.05, 3.63) is 65.6 Å². The highest BCUT2D eigenvalue weighted by Gasteiger charge is 2.35. The van der Waals surface area contributed by atoms with Gasteiger partial charge in [0.1, 0.15) is 0 Å². The Morgan fingerprint density at radius 1 is 1.16 bits per heavy atom. The van der Waals surface area contributed by atoms with Crippen LogP contribution in [0.15, 0.2) is 53.6 Å². The van der Waals surface area contributed by atoms with E-state index in [1.165, 1.54) is 34.8 Å². The quantitative estimate of drug-likeness (QED) is 0.802. The SMILES string of the molecule is O=Cc1cc(/C=C/N(C2CC2)S(=O)(=O)c2ccccc2)cc(F)c1O. The first-order chi connectivity index (χ1) is 11.9. The molecule has 1 N–H and O–H groups in total. The van der Waals surface area contributed by atoms with Gasteiger partial charge in [0.2, 0.25) is 0 Å². The van der Waals surface area contributed by atoms with E-state index in [1.807, 2.05) is 0 Å². The molecule has 25 heavy (non-hydrogen) atoms. The highest BCUT2D eigenvalue weighted by molar-refractivity contribution is 7.89. The summed E-state index contributed by atoms with van der Waals surface area (Å²) in [5.74, 6) is -1.66. The van der Waals surface area contributed by atoms with E-state index < -0.39 is 21.6 Å². The fourth-order valence-electron chi connectivity index (χ4n) is 2.43. The van der Waals surface area contributed by atoms with Gasteiger partial charge in [-0.3, -0.25) is 9.10 Å². The number of benzene rings is 2. The fourth-order valence-corrected chi connectivity index (χ4v) is 4.00. The molecule has 2 aromatic carbocycles. The van der Waals surface area contributed by atoms with Gasteiger partial charge in [0, 0.05) is 12.2 Å². The second-order valence-electron chi connectivity index (χ2n) is 5.75. The molecule has 0 aromatic heterocycles. The number of phenolic OH excluding ortho intramolecular Hbond substituents is 1. The van der Waals surface area contributed by atoms with Crippen molar-refractivity contribution in [2.75, 3.05) is 0 Å². The zero-order valence-electron chi connectivity index (χ0n) is 13.2. The number of rotatable bonds is 6. The molecule has 1 saturated carbocycles. The first kappa shape index (κ1) is 17.2. The van der Waals surface area contributed by atoms with Crippen LogP contribution in [0.3, 0.4) is 0 Å². The van der Waals surface area contributed by atoms with Gasteiger partial charge < -0.3 is 5.11 Å². The molecule has 1 aliphatic carbocycles. The molecule has 0 aliphatic heterocycles. The molecule has 3 rings (SSSR count). The lowest BCUT2D eigenvalue weighted by Gasteiger charge is -2.20. The van der Waals surface area contributed by atoms with Gasteiger partial charge in [0.25, 0.3) is 10.0 Å². The highest BCUT2D eigenvalue weighted by Crippen LogP contribution is 2.33. The van der Waals surface area contributed by atoms with Crippen LogP contribution in [0.1, 0.15) is 28.8 Å². The molecule has 130 valence electrons.